The van der Waals surface area contributed by atoms with Crippen molar-refractivity contribution < 1.29 is 37.3 Å². The molecule has 1 aliphatic rings. The molecule has 210 valence electrons. The summed E-state index contributed by atoms with van der Waals surface area (Å²) in [6.07, 6.45) is 0.983. The van der Waals surface area contributed by atoms with Crippen molar-refractivity contribution in [2.45, 2.75) is 19.5 Å². The van der Waals surface area contributed by atoms with Crippen LogP contribution in [0, 0.1) is 0 Å². The molecule has 39 heavy (non-hydrogen) atoms. The molecule has 0 atom stereocenters. The predicted octanol–water partition coefficient (Wildman–Crippen LogP) is 3.73. The summed E-state index contributed by atoms with van der Waals surface area (Å²) >= 11 is 0. The number of benzene rings is 2. The molecule has 2 aromatic carbocycles. The van der Waals surface area contributed by atoms with E-state index < -0.39 is 0 Å². The van der Waals surface area contributed by atoms with Crippen LogP contribution in [0.1, 0.15) is 18.2 Å². The second-order valence-corrected chi connectivity index (χ2v) is 9.11. The summed E-state index contributed by atoms with van der Waals surface area (Å²) in [6, 6.07) is 3.60. The smallest absolute Gasteiger partial charge is 0.210 e. The normalized spacial score (nSPS) is 14.9. The molecule has 0 spiro atoms. The van der Waals surface area contributed by atoms with Crippen LogP contribution in [0.25, 0.3) is 22.2 Å². The van der Waals surface area contributed by atoms with Crippen LogP contribution in [0.4, 0.5) is 0 Å². The standard InChI is InChI=1S/C27H34N4O8/c1-32-18-12-16-22(26(36-5)24(18)34-3)38-20(28-16)14-30-8-7-9-31(11-10-30)15-21-29-17-13-19(33-2)25(35-4)27(37-6)23(17)39-21/h12-13H,7-11,14-15H2,1-6H3. The van der Waals surface area contributed by atoms with Gasteiger partial charge in [0.05, 0.1) is 55.7 Å². The van der Waals surface area contributed by atoms with Gasteiger partial charge in [-0.25, -0.2) is 9.97 Å². The monoisotopic (exact) mass is 542 g/mol. The number of fused-ring (bicyclic) bond motifs is 2. The summed E-state index contributed by atoms with van der Waals surface area (Å²) in [7, 11) is 9.44. The second kappa shape index (κ2) is 11.5. The van der Waals surface area contributed by atoms with Gasteiger partial charge in [-0.05, 0) is 19.5 Å². The van der Waals surface area contributed by atoms with Gasteiger partial charge in [0.1, 0.15) is 11.0 Å². The van der Waals surface area contributed by atoms with Gasteiger partial charge in [0.2, 0.25) is 45.9 Å². The van der Waals surface area contributed by atoms with E-state index in [1.165, 1.54) is 0 Å². The average molecular weight is 543 g/mol. The van der Waals surface area contributed by atoms with E-state index in [4.69, 9.17) is 47.2 Å². The number of methoxy groups -OCH3 is 6. The Labute approximate surface area is 226 Å². The van der Waals surface area contributed by atoms with Crippen LogP contribution < -0.4 is 28.4 Å². The summed E-state index contributed by atoms with van der Waals surface area (Å²) in [4.78, 5) is 14.0. The van der Waals surface area contributed by atoms with Crippen molar-refractivity contribution in [1.82, 2.24) is 19.8 Å². The van der Waals surface area contributed by atoms with Gasteiger partial charge in [0.25, 0.3) is 0 Å². The van der Waals surface area contributed by atoms with Crippen molar-refractivity contribution in [2.24, 2.45) is 0 Å². The molecule has 4 aromatic rings. The molecule has 1 aliphatic heterocycles. The zero-order valence-electron chi connectivity index (χ0n) is 23.2. The largest absolute Gasteiger partial charge is 0.493 e. The highest BCUT2D eigenvalue weighted by Gasteiger charge is 2.25. The van der Waals surface area contributed by atoms with E-state index in [9.17, 15) is 0 Å². The summed E-state index contributed by atoms with van der Waals surface area (Å²) in [5.74, 6) is 4.21. The van der Waals surface area contributed by atoms with Crippen LogP contribution in [0.2, 0.25) is 0 Å². The Kier molecular flexibility index (Phi) is 7.84. The molecule has 5 rings (SSSR count). The minimum absolute atomic E-state index is 0.470. The maximum absolute atomic E-state index is 6.11. The minimum Gasteiger partial charge on any atom is -0.493 e. The van der Waals surface area contributed by atoms with Gasteiger partial charge in [-0.3, -0.25) is 9.80 Å². The maximum Gasteiger partial charge on any atom is 0.210 e. The Morgan fingerprint density at radius 1 is 0.590 bits per heavy atom. The lowest BCUT2D eigenvalue weighted by Crippen LogP contribution is -2.30. The molecule has 3 heterocycles. The van der Waals surface area contributed by atoms with Crippen LogP contribution in [0.15, 0.2) is 21.0 Å². The third-order valence-corrected chi connectivity index (χ3v) is 6.86. The molecule has 0 amide bonds. The number of oxazole rings is 2. The van der Waals surface area contributed by atoms with E-state index in [0.717, 1.165) is 32.6 Å². The first-order valence-corrected chi connectivity index (χ1v) is 12.6. The summed E-state index contributed by atoms with van der Waals surface area (Å²) < 4.78 is 45.2. The Bertz CT molecular complexity index is 1340. The fourth-order valence-electron chi connectivity index (χ4n) is 5.01. The topological polar surface area (TPSA) is 114 Å². The molecular weight excluding hydrogens is 508 g/mol. The highest BCUT2D eigenvalue weighted by Crippen LogP contribution is 2.44. The fourth-order valence-corrected chi connectivity index (χ4v) is 5.01. The van der Waals surface area contributed by atoms with E-state index in [1.54, 1.807) is 54.8 Å². The molecule has 0 saturated carbocycles. The average Bonchev–Trinajstić information content (AvgIpc) is 3.48. The van der Waals surface area contributed by atoms with E-state index in [1.807, 2.05) is 0 Å². The molecule has 0 radical (unpaired) electrons. The van der Waals surface area contributed by atoms with Gasteiger partial charge >= 0.3 is 0 Å². The molecular formula is C27H34N4O8. The van der Waals surface area contributed by atoms with Gasteiger partial charge in [-0.15, -0.1) is 0 Å². The van der Waals surface area contributed by atoms with Gasteiger partial charge < -0.3 is 37.3 Å². The van der Waals surface area contributed by atoms with Crippen LogP contribution >= 0.6 is 0 Å². The van der Waals surface area contributed by atoms with Crippen LogP contribution in [-0.4, -0.2) is 88.6 Å². The summed E-state index contributed by atoms with van der Waals surface area (Å²) in [6.45, 7) is 4.66. The van der Waals surface area contributed by atoms with Gasteiger partial charge in [0, 0.05) is 25.2 Å². The number of rotatable bonds is 10. The Hall–Kier alpha value is -3.90. The van der Waals surface area contributed by atoms with Crippen molar-refractivity contribution in [3.05, 3.63) is 23.9 Å². The first kappa shape index (κ1) is 26.7. The van der Waals surface area contributed by atoms with Crippen molar-refractivity contribution in [3.8, 4) is 34.5 Å². The maximum atomic E-state index is 6.11. The number of nitrogens with zero attached hydrogens (tertiary/aromatic N) is 4. The molecule has 1 fully saturated rings. The predicted molar refractivity (Wildman–Crippen MR) is 143 cm³/mol. The second-order valence-electron chi connectivity index (χ2n) is 9.11. The summed E-state index contributed by atoms with van der Waals surface area (Å²) in [5.41, 5.74) is 2.41. The van der Waals surface area contributed by atoms with Crippen molar-refractivity contribution >= 4 is 22.2 Å². The molecule has 2 aromatic heterocycles. The first-order valence-electron chi connectivity index (χ1n) is 12.6. The van der Waals surface area contributed by atoms with Gasteiger partial charge in [0.15, 0.2) is 11.5 Å². The molecule has 0 unspecified atom stereocenters. The fraction of sp³-hybridized carbons (Fsp3) is 0.481. The molecule has 0 aliphatic carbocycles. The molecule has 1 saturated heterocycles. The van der Waals surface area contributed by atoms with E-state index in [2.05, 4.69) is 9.80 Å². The molecule has 0 bridgehead atoms. The Balaban J connectivity index is 1.28. The van der Waals surface area contributed by atoms with Crippen molar-refractivity contribution in [1.29, 1.82) is 0 Å². The van der Waals surface area contributed by atoms with E-state index >= 15 is 0 Å². The van der Waals surface area contributed by atoms with Crippen molar-refractivity contribution in [2.75, 3.05) is 68.8 Å². The lowest BCUT2D eigenvalue weighted by atomic mass is 10.2. The Morgan fingerprint density at radius 3 is 1.36 bits per heavy atom. The first-order chi connectivity index (χ1) is 19.0. The number of aromatic nitrogens is 2. The molecule has 12 heteroatoms. The highest BCUT2D eigenvalue weighted by molar-refractivity contribution is 5.86. The highest BCUT2D eigenvalue weighted by atomic mass is 16.5. The van der Waals surface area contributed by atoms with E-state index in [0.29, 0.717) is 81.6 Å². The number of ether oxygens (including phenoxy) is 6. The zero-order chi connectivity index (χ0) is 27.5. The number of hydrogen-bond acceptors (Lipinski definition) is 12. The Morgan fingerprint density at radius 2 is 1.00 bits per heavy atom. The van der Waals surface area contributed by atoms with Crippen LogP contribution in [-0.2, 0) is 13.1 Å². The van der Waals surface area contributed by atoms with Crippen LogP contribution in [0.3, 0.4) is 0 Å². The molecule has 12 nitrogen and oxygen atoms in total. The quantitative estimate of drug-likeness (QED) is 0.291. The lowest BCUT2D eigenvalue weighted by Gasteiger charge is -2.19. The minimum atomic E-state index is 0.470. The lowest BCUT2D eigenvalue weighted by molar-refractivity contribution is 0.223. The van der Waals surface area contributed by atoms with Gasteiger partial charge in [-0.2, -0.15) is 0 Å². The summed E-state index contributed by atoms with van der Waals surface area (Å²) in [5, 5.41) is 0. The van der Waals surface area contributed by atoms with Crippen molar-refractivity contribution in [3.63, 3.8) is 0 Å². The zero-order valence-corrected chi connectivity index (χ0v) is 23.2. The van der Waals surface area contributed by atoms with E-state index in [-0.39, 0.29) is 0 Å². The van der Waals surface area contributed by atoms with Crippen LogP contribution in [0.5, 0.6) is 34.5 Å². The third-order valence-electron chi connectivity index (χ3n) is 6.86. The van der Waals surface area contributed by atoms with Gasteiger partial charge in [-0.1, -0.05) is 0 Å². The molecule has 0 N–H and O–H groups in total. The number of hydrogen-bond donors (Lipinski definition) is 0. The SMILES string of the molecule is COc1cc2nc(CN3CCCN(Cc4nc5cc(OC)c(OC)c(OC)c5o4)CC3)oc2c(OC)c1OC. The third kappa shape index (κ3) is 5.09.